The normalized spacial score (nSPS) is 10.0. The van der Waals surface area contributed by atoms with E-state index in [9.17, 15) is 10.1 Å². The molecule has 0 atom stereocenters. The number of nitrogens with zero attached hydrogens (tertiary/aromatic N) is 4. The monoisotopic (exact) mass is 400 g/mol. The van der Waals surface area contributed by atoms with E-state index in [-0.39, 0.29) is 17.4 Å². The van der Waals surface area contributed by atoms with Gasteiger partial charge in [-0.2, -0.15) is 5.26 Å². The van der Waals surface area contributed by atoms with Gasteiger partial charge in [-0.05, 0) is 29.8 Å². The summed E-state index contributed by atoms with van der Waals surface area (Å²) in [5, 5.41) is 13.0. The molecular weight excluding hydrogens is 384 g/mol. The second kappa shape index (κ2) is 8.87. The van der Waals surface area contributed by atoms with Crippen LogP contribution in [-0.4, -0.2) is 15.9 Å². The van der Waals surface area contributed by atoms with E-state index >= 15 is 0 Å². The van der Waals surface area contributed by atoms with Gasteiger partial charge in [-0.15, -0.1) is 0 Å². The van der Waals surface area contributed by atoms with Crippen LogP contribution < -0.4 is 11.1 Å². The lowest BCUT2D eigenvalue weighted by atomic mass is 9.99. The number of nitrogen functional groups attached to an aromatic ring is 1. The van der Waals surface area contributed by atoms with Crippen molar-refractivity contribution in [2.75, 3.05) is 11.1 Å². The molecule has 0 radical (unpaired) electrons. The molecule has 0 unspecified atom stereocenters. The van der Waals surface area contributed by atoms with Crippen LogP contribution in [-0.2, 0) is 10.5 Å². The summed E-state index contributed by atoms with van der Waals surface area (Å²) in [6.07, 6.45) is 1.70. The predicted octanol–water partition coefficient (Wildman–Crippen LogP) is 4.40. The molecule has 0 aliphatic carbocycles. The number of nitrogens with one attached hydrogen (secondary N) is 1. The van der Waals surface area contributed by atoms with E-state index in [4.69, 9.17) is 12.3 Å². The maximum atomic E-state index is 11.2. The Kier molecular flexibility index (Phi) is 6.08. The lowest BCUT2D eigenvalue weighted by molar-refractivity contribution is -0.114. The van der Waals surface area contributed by atoms with E-state index in [1.54, 1.807) is 30.5 Å². The number of rotatable bonds is 5. The Balaban J connectivity index is 2.05. The second-order valence-corrected chi connectivity index (χ2v) is 6.96. The average Bonchev–Trinajstić information content (AvgIpc) is 2.72. The van der Waals surface area contributed by atoms with Crippen molar-refractivity contribution in [2.45, 2.75) is 17.7 Å². The molecule has 0 bridgehead atoms. The smallest absolute Gasteiger partial charge is 0.236 e. The molecule has 3 rings (SSSR count). The molecule has 7 nitrogen and oxygen atoms in total. The number of nitrogens with two attached hydrogens (primary N) is 1. The number of nitriles is 1. The van der Waals surface area contributed by atoms with Gasteiger partial charge in [0.05, 0.1) is 17.8 Å². The topological polar surface area (TPSA) is 109 Å². The summed E-state index contributed by atoms with van der Waals surface area (Å²) < 4.78 is 0. The minimum absolute atomic E-state index is 0.0726. The summed E-state index contributed by atoms with van der Waals surface area (Å²) in [5.74, 6) is 0.405. The van der Waals surface area contributed by atoms with E-state index in [0.29, 0.717) is 33.2 Å². The second-order valence-electron chi connectivity index (χ2n) is 5.99. The fourth-order valence-electron chi connectivity index (χ4n) is 2.72. The molecule has 2 aromatic heterocycles. The molecule has 142 valence electrons. The number of pyridine rings is 2. The van der Waals surface area contributed by atoms with Gasteiger partial charge >= 0.3 is 0 Å². The number of carbonyl (C=O) groups is 1. The van der Waals surface area contributed by atoms with Crippen molar-refractivity contribution in [2.24, 2.45) is 0 Å². The van der Waals surface area contributed by atoms with E-state index < -0.39 is 0 Å². The van der Waals surface area contributed by atoms with E-state index in [2.05, 4.69) is 26.2 Å². The number of hydrogen-bond donors (Lipinski definition) is 2. The number of thioether (sulfide) groups is 1. The van der Waals surface area contributed by atoms with Gasteiger partial charge in [-0.25, -0.2) is 9.83 Å². The maximum absolute atomic E-state index is 11.2. The number of amides is 1. The Bertz CT molecular complexity index is 1130. The summed E-state index contributed by atoms with van der Waals surface area (Å²) in [5.41, 5.74) is 9.02. The van der Waals surface area contributed by atoms with Crippen molar-refractivity contribution in [3.8, 4) is 17.2 Å². The van der Waals surface area contributed by atoms with Crippen LogP contribution in [0, 0.1) is 17.9 Å². The number of aromatic nitrogens is 2. The molecule has 0 spiro atoms. The molecule has 2 heterocycles. The van der Waals surface area contributed by atoms with Crippen LogP contribution in [0.15, 0.2) is 53.7 Å². The SMILES string of the molecule is [C-]#[N+]c1c(N)nc(SCc2ccccn2)c(C#N)c1-c1ccc(NC(C)=O)cc1. The minimum Gasteiger partial charge on any atom is -0.392 e. The summed E-state index contributed by atoms with van der Waals surface area (Å²) in [4.78, 5) is 23.3. The molecule has 29 heavy (non-hydrogen) atoms. The molecule has 0 saturated carbocycles. The highest BCUT2D eigenvalue weighted by Gasteiger charge is 2.20. The first-order valence-electron chi connectivity index (χ1n) is 8.55. The molecule has 0 fully saturated rings. The quantitative estimate of drug-likeness (QED) is 0.485. The zero-order valence-corrected chi connectivity index (χ0v) is 16.3. The van der Waals surface area contributed by atoms with Gasteiger partial charge in [0.15, 0.2) is 0 Å². The van der Waals surface area contributed by atoms with Crippen molar-refractivity contribution < 1.29 is 4.79 Å². The Morgan fingerprint density at radius 2 is 2.07 bits per heavy atom. The van der Waals surface area contributed by atoms with Gasteiger partial charge in [0.1, 0.15) is 16.9 Å². The maximum Gasteiger partial charge on any atom is 0.236 e. The van der Waals surface area contributed by atoms with Crippen LogP contribution in [0.5, 0.6) is 0 Å². The third kappa shape index (κ3) is 4.52. The lowest BCUT2D eigenvalue weighted by Crippen LogP contribution is -2.05. The van der Waals surface area contributed by atoms with Gasteiger partial charge in [-0.1, -0.05) is 30.0 Å². The third-order valence-electron chi connectivity index (χ3n) is 3.97. The van der Waals surface area contributed by atoms with Crippen molar-refractivity contribution >= 4 is 34.9 Å². The van der Waals surface area contributed by atoms with Crippen molar-refractivity contribution in [1.82, 2.24) is 9.97 Å². The Hall–Kier alpha value is -3.88. The Morgan fingerprint density at radius 3 is 2.66 bits per heavy atom. The van der Waals surface area contributed by atoms with Crippen LogP contribution in [0.3, 0.4) is 0 Å². The van der Waals surface area contributed by atoms with Gasteiger partial charge in [0.2, 0.25) is 11.6 Å². The van der Waals surface area contributed by atoms with Crippen LogP contribution in [0.25, 0.3) is 16.0 Å². The molecule has 1 aromatic carbocycles. The predicted molar refractivity (Wildman–Crippen MR) is 113 cm³/mol. The van der Waals surface area contributed by atoms with Crippen molar-refractivity contribution in [1.29, 1.82) is 5.26 Å². The van der Waals surface area contributed by atoms with E-state index in [0.717, 1.165) is 5.69 Å². The number of carbonyl (C=O) groups excluding carboxylic acids is 1. The molecule has 8 heteroatoms. The van der Waals surface area contributed by atoms with Gasteiger partial charge < -0.3 is 11.1 Å². The van der Waals surface area contributed by atoms with Crippen molar-refractivity contribution in [3.63, 3.8) is 0 Å². The molecule has 0 aliphatic heterocycles. The zero-order chi connectivity index (χ0) is 20.8. The Morgan fingerprint density at radius 1 is 1.31 bits per heavy atom. The number of hydrogen-bond acceptors (Lipinski definition) is 6. The highest BCUT2D eigenvalue weighted by atomic mass is 32.2. The summed E-state index contributed by atoms with van der Waals surface area (Å²) in [6.45, 7) is 8.93. The number of anilines is 2. The lowest BCUT2D eigenvalue weighted by Gasteiger charge is -2.13. The molecule has 3 N–H and O–H groups in total. The van der Waals surface area contributed by atoms with E-state index in [1.807, 2.05) is 18.2 Å². The summed E-state index contributed by atoms with van der Waals surface area (Å²) in [7, 11) is 0. The first kappa shape index (κ1) is 19.9. The first-order chi connectivity index (χ1) is 14.0. The van der Waals surface area contributed by atoms with Crippen LogP contribution >= 0.6 is 11.8 Å². The van der Waals surface area contributed by atoms with Crippen LogP contribution in [0.2, 0.25) is 0 Å². The molecule has 0 aliphatic rings. The van der Waals surface area contributed by atoms with Crippen LogP contribution in [0.1, 0.15) is 18.2 Å². The first-order valence-corrected chi connectivity index (χ1v) is 9.53. The van der Waals surface area contributed by atoms with E-state index in [1.165, 1.54) is 18.7 Å². The standard InChI is InChI=1S/C21H16N6OS/c1-13(28)26-15-8-6-14(7-9-15)18-17(11-22)21(27-20(23)19(18)24-2)29-12-16-5-3-4-10-25-16/h3-10H,12H2,1H3,(H2,23,27)(H,26,28). The molecule has 0 saturated heterocycles. The largest absolute Gasteiger partial charge is 0.392 e. The fourth-order valence-corrected chi connectivity index (χ4v) is 3.63. The zero-order valence-electron chi connectivity index (χ0n) is 15.5. The minimum atomic E-state index is -0.182. The number of benzene rings is 1. The van der Waals surface area contributed by atoms with Crippen molar-refractivity contribution in [3.05, 3.63) is 71.3 Å². The summed E-state index contributed by atoms with van der Waals surface area (Å²) in [6, 6.07) is 14.7. The molecular formula is C21H16N6OS. The summed E-state index contributed by atoms with van der Waals surface area (Å²) >= 11 is 1.34. The molecule has 3 aromatic rings. The Labute approximate surface area is 172 Å². The highest BCUT2D eigenvalue weighted by molar-refractivity contribution is 7.98. The highest BCUT2D eigenvalue weighted by Crippen LogP contribution is 2.41. The fraction of sp³-hybridized carbons (Fsp3) is 0.0952. The van der Waals surface area contributed by atoms with Crippen LogP contribution in [0.4, 0.5) is 17.2 Å². The van der Waals surface area contributed by atoms with Gasteiger partial charge in [0, 0.05) is 30.1 Å². The molecule has 1 amide bonds. The third-order valence-corrected chi connectivity index (χ3v) is 4.97. The van der Waals surface area contributed by atoms with Gasteiger partial charge in [0.25, 0.3) is 0 Å². The van der Waals surface area contributed by atoms with Gasteiger partial charge in [-0.3, -0.25) is 9.78 Å². The average molecular weight is 400 g/mol.